The van der Waals surface area contributed by atoms with Crippen LogP contribution in [-0.4, -0.2) is 37.6 Å². The van der Waals surface area contributed by atoms with Crippen molar-refractivity contribution in [2.24, 2.45) is 0 Å². The second-order valence-electron chi connectivity index (χ2n) is 4.48. The maximum absolute atomic E-state index is 12.7. The topological polar surface area (TPSA) is 55.6 Å². The van der Waals surface area contributed by atoms with Gasteiger partial charge in [-0.2, -0.15) is 13.2 Å². The summed E-state index contributed by atoms with van der Waals surface area (Å²) in [5.74, 6) is -0.571. The van der Waals surface area contributed by atoms with E-state index in [4.69, 9.17) is 10.5 Å². The Morgan fingerprint density at radius 3 is 2.55 bits per heavy atom. The molecule has 112 valence electrons. The van der Waals surface area contributed by atoms with Crippen LogP contribution in [0.4, 0.5) is 18.9 Å². The maximum atomic E-state index is 12.7. The first-order valence-corrected chi connectivity index (χ1v) is 5.92. The van der Waals surface area contributed by atoms with E-state index >= 15 is 0 Å². The number of para-hydroxylation sites is 1. The lowest BCUT2D eigenvalue weighted by Crippen LogP contribution is -2.38. The molecule has 20 heavy (non-hydrogen) atoms. The SMILES string of the molecule is COCC(C)N(C)C(=O)c1cccc(C(F)(F)F)c1N. The molecule has 0 radical (unpaired) electrons. The second-order valence-corrected chi connectivity index (χ2v) is 4.48. The van der Waals surface area contributed by atoms with Crippen molar-refractivity contribution < 1.29 is 22.7 Å². The summed E-state index contributed by atoms with van der Waals surface area (Å²) < 4.78 is 43.2. The van der Waals surface area contributed by atoms with E-state index in [1.807, 2.05) is 0 Å². The lowest BCUT2D eigenvalue weighted by Gasteiger charge is -2.25. The van der Waals surface area contributed by atoms with Crippen molar-refractivity contribution in [1.29, 1.82) is 0 Å². The molecule has 1 rings (SSSR count). The molecule has 1 aromatic rings. The highest BCUT2D eigenvalue weighted by atomic mass is 19.4. The number of methoxy groups -OCH3 is 1. The van der Waals surface area contributed by atoms with Crippen molar-refractivity contribution in [1.82, 2.24) is 4.90 Å². The van der Waals surface area contributed by atoms with Crippen molar-refractivity contribution in [2.45, 2.75) is 19.1 Å². The van der Waals surface area contributed by atoms with Crippen LogP contribution in [0.2, 0.25) is 0 Å². The molecule has 0 heterocycles. The van der Waals surface area contributed by atoms with E-state index in [-0.39, 0.29) is 18.2 Å². The number of hydrogen-bond acceptors (Lipinski definition) is 3. The molecule has 0 spiro atoms. The summed E-state index contributed by atoms with van der Waals surface area (Å²) in [6.45, 7) is 2.01. The van der Waals surface area contributed by atoms with E-state index in [0.717, 1.165) is 6.07 Å². The van der Waals surface area contributed by atoms with Gasteiger partial charge in [-0.25, -0.2) is 0 Å². The molecule has 0 aliphatic heterocycles. The van der Waals surface area contributed by atoms with E-state index < -0.39 is 23.3 Å². The van der Waals surface area contributed by atoms with Crippen molar-refractivity contribution in [2.75, 3.05) is 26.5 Å². The van der Waals surface area contributed by atoms with Gasteiger partial charge in [0.25, 0.3) is 5.91 Å². The lowest BCUT2D eigenvalue weighted by atomic mass is 10.1. The van der Waals surface area contributed by atoms with Gasteiger partial charge in [0, 0.05) is 14.2 Å². The van der Waals surface area contributed by atoms with Crippen LogP contribution in [0.25, 0.3) is 0 Å². The fourth-order valence-corrected chi connectivity index (χ4v) is 1.74. The number of nitrogens with zero attached hydrogens (tertiary/aromatic N) is 1. The average molecular weight is 290 g/mol. The number of anilines is 1. The molecular formula is C13H17F3N2O2. The van der Waals surface area contributed by atoms with Gasteiger partial charge in [-0.15, -0.1) is 0 Å². The van der Waals surface area contributed by atoms with Crippen molar-refractivity contribution in [3.8, 4) is 0 Å². The number of hydrogen-bond donors (Lipinski definition) is 1. The summed E-state index contributed by atoms with van der Waals surface area (Å²) >= 11 is 0. The molecule has 0 aliphatic carbocycles. The normalized spacial score (nSPS) is 13.1. The molecule has 4 nitrogen and oxygen atoms in total. The van der Waals surface area contributed by atoms with Gasteiger partial charge in [0.15, 0.2) is 0 Å². The van der Waals surface area contributed by atoms with Gasteiger partial charge in [-0.05, 0) is 19.1 Å². The van der Waals surface area contributed by atoms with E-state index in [1.54, 1.807) is 6.92 Å². The summed E-state index contributed by atoms with van der Waals surface area (Å²) in [5, 5.41) is 0. The molecule has 1 aromatic carbocycles. The fourth-order valence-electron chi connectivity index (χ4n) is 1.74. The molecular weight excluding hydrogens is 273 g/mol. The highest BCUT2D eigenvalue weighted by Gasteiger charge is 2.34. The predicted octanol–water partition coefficient (Wildman–Crippen LogP) is 2.39. The molecule has 0 aromatic heterocycles. The number of carbonyl (C=O) groups excluding carboxylic acids is 1. The van der Waals surface area contributed by atoms with Crippen LogP contribution in [0.5, 0.6) is 0 Å². The van der Waals surface area contributed by atoms with Gasteiger partial charge >= 0.3 is 6.18 Å². The monoisotopic (exact) mass is 290 g/mol. The van der Waals surface area contributed by atoms with Gasteiger partial charge in [-0.3, -0.25) is 4.79 Å². The smallest absolute Gasteiger partial charge is 0.398 e. The molecule has 0 saturated carbocycles. The zero-order chi connectivity index (χ0) is 15.5. The highest BCUT2D eigenvalue weighted by Crippen LogP contribution is 2.35. The molecule has 7 heteroatoms. The lowest BCUT2D eigenvalue weighted by molar-refractivity contribution is -0.136. The first kappa shape index (κ1) is 16.3. The largest absolute Gasteiger partial charge is 0.418 e. The molecule has 0 bridgehead atoms. The Kier molecular flexibility index (Phi) is 4.99. The molecule has 0 aliphatic rings. The summed E-state index contributed by atoms with van der Waals surface area (Å²) in [5.41, 5.74) is 3.76. The van der Waals surface area contributed by atoms with E-state index in [0.29, 0.717) is 0 Å². The van der Waals surface area contributed by atoms with Crippen LogP contribution < -0.4 is 5.73 Å². The zero-order valence-corrected chi connectivity index (χ0v) is 11.5. The van der Waals surface area contributed by atoms with Crippen LogP contribution in [0.1, 0.15) is 22.8 Å². The number of nitrogens with two attached hydrogens (primary N) is 1. The fraction of sp³-hybridized carbons (Fsp3) is 0.462. The number of alkyl halides is 3. The number of benzene rings is 1. The van der Waals surface area contributed by atoms with E-state index in [1.165, 1.54) is 31.2 Å². The predicted molar refractivity (Wildman–Crippen MR) is 69.3 cm³/mol. The van der Waals surface area contributed by atoms with Gasteiger partial charge in [0.2, 0.25) is 0 Å². The van der Waals surface area contributed by atoms with Gasteiger partial charge < -0.3 is 15.4 Å². The second kappa shape index (κ2) is 6.13. The minimum atomic E-state index is -4.59. The molecule has 0 saturated heterocycles. The van der Waals surface area contributed by atoms with Crippen molar-refractivity contribution >= 4 is 11.6 Å². The Morgan fingerprint density at radius 2 is 2.05 bits per heavy atom. The molecule has 0 fully saturated rings. The Hall–Kier alpha value is -1.76. The van der Waals surface area contributed by atoms with Gasteiger partial charge in [0.1, 0.15) is 0 Å². The number of likely N-dealkylation sites (N-methyl/N-ethyl adjacent to an activating group) is 1. The number of nitrogen functional groups attached to an aromatic ring is 1. The average Bonchev–Trinajstić information content (AvgIpc) is 2.36. The summed E-state index contributed by atoms with van der Waals surface area (Å²) in [6, 6.07) is 3.02. The minimum Gasteiger partial charge on any atom is -0.398 e. The molecule has 2 N–H and O–H groups in total. The Labute approximate surface area is 115 Å². The van der Waals surface area contributed by atoms with Crippen LogP contribution >= 0.6 is 0 Å². The number of halogens is 3. The standard InChI is InChI=1S/C13H17F3N2O2/c1-8(7-20-3)18(2)12(19)9-5-4-6-10(11(9)17)13(14,15)16/h4-6,8H,7,17H2,1-3H3. The van der Waals surface area contributed by atoms with E-state index in [2.05, 4.69) is 0 Å². The molecule has 1 unspecified atom stereocenters. The molecule has 1 amide bonds. The minimum absolute atomic E-state index is 0.162. The number of ether oxygens (including phenoxy) is 1. The third kappa shape index (κ3) is 3.41. The Bertz CT molecular complexity index is 489. The first-order valence-electron chi connectivity index (χ1n) is 5.92. The van der Waals surface area contributed by atoms with Gasteiger partial charge in [-0.1, -0.05) is 6.07 Å². The quantitative estimate of drug-likeness (QED) is 0.866. The van der Waals surface area contributed by atoms with Crippen molar-refractivity contribution in [3.05, 3.63) is 29.3 Å². The first-order chi connectivity index (χ1) is 9.20. The maximum Gasteiger partial charge on any atom is 0.418 e. The summed E-state index contributed by atoms with van der Waals surface area (Å²) in [6.07, 6.45) is -4.59. The molecule has 1 atom stereocenters. The number of rotatable bonds is 4. The van der Waals surface area contributed by atoms with E-state index in [9.17, 15) is 18.0 Å². The number of carbonyl (C=O) groups is 1. The van der Waals surface area contributed by atoms with Crippen LogP contribution in [0.15, 0.2) is 18.2 Å². The third-order valence-corrected chi connectivity index (χ3v) is 3.03. The van der Waals surface area contributed by atoms with Crippen LogP contribution in [-0.2, 0) is 10.9 Å². The Morgan fingerprint density at radius 1 is 1.45 bits per heavy atom. The van der Waals surface area contributed by atoms with Crippen molar-refractivity contribution in [3.63, 3.8) is 0 Å². The van der Waals surface area contributed by atoms with Crippen LogP contribution in [0.3, 0.4) is 0 Å². The highest BCUT2D eigenvalue weighted by molar-refractivity contribution is 5.99. The Balaban J connectivity index is 3.12. The number of amides is 1. The third-order valence-electron chi connectivity index (χ3n) is 3.03. The summed E-state index contributed by atoms with van der Waals surface area (Å²) in [7, 11) is 2.97. The van der Waals surface area contributed by atoms with Gasteiger partial charge in [0.05, 0.1) is 29.5 Å². The summed E-state index contributed by atoms with van der Waals surface area (Å²) in [4.78, 5) is 13.5. The zero-order valence-electron chi connectivity index (χ0n) is 11.5. The van der Waals surface area contributed by atoms with Crippen LogP contribution in [0, 0.1) is 0 Å².